The molecule has 0 saturated carbocycles. The molecule has 1 aliphatic carbocycles. The van der Waals surface area contributed by atoms with Crippen molar-refractivity contribution in [1.82, 2.24) is 10.3 Å². The summed E-state index contributed by atoms with van der Waals surface area (Å²) in [5.74, 6) is 1.12. The van der Waals surface area contributed by atoms with E-state index in [0.717, 1.165) is 12.0 Å². The van der Waals surface area contributed by atoms with Crippen molar-refractivity contribution in [3.8, 4) is 0 Å². The van der Waals surface area contributed by atoms with Gasteiger partial charge in [-0.05, 0) is 49.6 Å². The summed E-state index contributed by atoms with van der Waals surface area (Å²) < 4.78 is 0. The van der Waals surface area contributed by atoms with E-state index in [2.05, 4.69) is 41.5 Å². The fraction of sp³-hybridized carbons (Fsp3) is 0.353. The zero-order chi connectivity index (χ0) is 14.1. The van der Waals surface area contributed by atoms with Crippen LogP contribution in [0.1, 0.15) is 40.6 Å². The summed E-state index contributed by atoms with van der Waals surface area (Å²) >= 11 is 0. The topological polar surface area (TPSA) is 50.9 Å². The van der Waals surface area contributed by atoms with Gasteiger partial charge in [0.05, 0.1) is 0 Å². The number of pyridine rings is 1. The summed E-state index contributed by atoms with van der Waals surface area (Å²) in [7, 11) is 2.01. The fourth-order valence-corrected chi connectivity index (χ4v) is 3.48. The number of fused-ring (bicyclic) bond motifs is 1. The van der Waals surface area contributed by atoms with Crippen molar-refractivity contribution >= 4 is 5.82 Å². The van der Waals surface area contributed by atoms with Gasteiger partial charge in [-0.15, -0.1) is 0 Å². The van der Waals surface area contributed by atoms with Crippen LogP contribution >= 0.6 is 0 Å². The van der Waals surface area contributed by atoms with E-state index >= 15 is 0 Å². The maximum atomic E-state index is 6.13. The Morgan fingerprint density at radius 2 is 2.10 bits per heavy atom. The third-order valence-corrected chi connectivity index (χ3v) is 4.44. The summed E-state index contributed by atoms with van der Waals surface area (Å²) in [6.07, 6.45) is 4.10. The second kappa shape index (κ2) is 5.25. The van der Waals surface area contributed by atoms with Gasteiger partial charge in [-0.2, -0.15) is 0 Å². The van der Waals surface area contributed by atoms with Gasteiger partial charge >= 0.3 is 0 Å². The van der Waals surface area contributed by atoms with Gasteiger partial charge in [0.1, 0.15) is 5.82 Å². The van der Waals surface area contributed by atoms with E-state index in [0.29, 0.717) is 11.7 Å². The lowest BCUT2D eigenvalue weighted by Gasteiger charge is -2.26. The zero-order valence-corrected chi connectivity index (χ0v) is 12.1. The first-order valence-corrected chi connectivity index (χ1v) is 7.18. The first kappa shape index (κ1) is 13.1. The number of rotatable bonds is 3. The smallest absolute Gasteiger partial charge is 0.128 e. The van der Waals surface area contributed by atoms with Crippen molar-refractivity contribution in [2.75, 3.05) is 12.8 Å². The molecular formula is C17H21N3. The summed E-state index contributed by atoms with van der Waals surface area (Å²) in [4.78, 5) is 4.27. The van der Waals surface area contributed by atoms with Crippen LogP contribution < -0.4 is 11.1 Å². The largest absolute Gasteiger partial charge is 0.383 e. The first-order valence-electron chi connectivity index (χ1n) is 7.18. The molecule has 2 atom stereocenters. The number of aryl methyl sites for hydroxylation is 2. The summed E-state index contributed by atoms with van der Waals surface area (Å²) in [5.41, 5.74) is 11.4. The molecule has 3 rings (SSSR count). The third-order valence-electron chi connectivity index (χ3n) is 4.44. The van der Waals surface area contributed by atoms with Gasteiger partial charge < -0.3 is 11.1 Å². The van der Waals surface area contributed by atoms with Crippen LogP contribution in [0, 0.1) is 6.92 Å². The Balaban J connectivity index is 2.04. The average molecular weight is 267 g/mol. The highest BCUT2D eigenvalue weighted by Crippen LogP contribution is 2.43. The maximum absolute atomic E-state index is 6.13. The van der Waals surface area contributed by atoms with Crippen LogP contribution in [0.3, 0.4) is 0 Å². The normalized spacial score (nSPS) is 18.8. The van der Waals surface area contributed by atoms with Gasteiger partial charge in [0.25, 0.3) is 0 Å². The molecule has 0 fully saturated rings. The van der Waals surface area contributed by atoms with Gasteiger partial charge in [-0.1, -0.05) is 24.3 Å². The van der Waals surface area contributed by atoms with E-state index in [1.165, 1.54) is 23.1 Å². The Bertz CT molecular complexity index is 601. The van der Waals surface area contributed by atoms with Crippen LogP contribution in [0.25, 0.3) is 0 Å². The average Bonchev–Trinajstić information content (AvgIpc) is 2.87. The van der Waals surface area contributed by atoms with Crippen LogP contribution in [-0.2, 0) is 6.42 Å². The molecule has 0 aliphatic heterocycles. The zero-order valence-electron chi connectivity index (χ0n) is 12.1. The monoisotopic (exact) mass is 267 g/mol. The molecule has 0 bridgehead atoms. The lowest BCUT2D eigenvalue weighted by atomic mass is 9.86. The number of nitrogens with one attached hydrogen (secondary N) is 1. The molecule has 2 unspecified atom stereocenters. The quantitative estimate of drug-likeness (QED) is 0.899. The molecule has 0 saturated heterocycles. The number of nitrogen functional groups attached to an aromatic ring is 1. The summed E-state index contributed by atoms with van der Waals surface area (Å²) in [6.45, 7) is 2.11. The second-order valence-corrected chi connectivity index (χ2v) is 5.54. The van der Waals surface area contributed by atoms with Crippen molar-refractivity contribution in [3.05, 3.63) is 58.8 Å². The molecule has 1 aliphatic rings. The number of nitrogens with zero attached hydrogens (tertiary/aromatic N) is 1. The number of likely N-dealkylation sites (N-methyl/N-ethyl adjacent to an activating group) is 1. The Morgan fingerprint density at radius 3 is 2.85 bits per heavy atom. The lowest BCUT2D eigenvalue weighted by Crippen LogP contribution is -2.25. The van der Waals surface area contributed by atoms with Crippen molar-refractivity contribution < 1.29 is 0 Å². The minimum absolute atomic E-state index is 0.229. The van der Waals surface area contributed by atoms with Gasteiger partial charge in [0.2, 0.25) is 0 Å². The van der Waals surface area contributed by atoms with Crippen LogP contribution in [-0.4, -0.2) is 12.0 Å². The first-order chi connectivity index (χ1) is 9.72. The Morgan fingerprint density at radius 1 is 1.30 bits per heavy atom. The number of hydrogen-bond donors (Lipinski definition) is 2. The number of anilines is 1. The van der Waals surface area contributed by atoms with Crippen LogP contribution in [0.4, 0.5) is 5.82 Å². The van der Waals surface area contributed by atoms with E-state index < -0.39 is 0 Å². The number of aromatic nitrogens is 1. The maximum Gasteiger partial charge on any atom is 0.128 e. The van der Waals surface area contributed by atoms with Crippen molar-refractivity contribution in [3.63, 3.8) is 0 Å². The molecule has 104 valence electrons. The Kier molecular flexibility index (Phi) is 3.45. The van der Waals surface area contributed by atoms with E-state index in [4.69, 9.17) is 5.73 Å². The highest BCUT2D eigenvalue weighted by atomic mass is 14.9. The number of benzene rings is 1. The predicted octanol–water partition coefficient (Wildman–Crippen LogP) is 2.96. The molecule has 0 amide bonds. The summed E-state index contributed by atoms with van der Waals surface area (Å²) in [6, 6.07) is 11.0. The van der Waals surface area contributed by atoms with Gasteiger partial charge in [0, 0.05) is 23.7 Å². The van der Waals surface area contributed by atoms with Crippen molar-refractivity contribution in [2.45, 2.75) is 31.7 Å². The van der Waals surface area contributed by atoms with Crippen LogP contribution in [0.15, 0.2) is 36.5 Å². The molecule has 1 heterocycles. The molecule has 1 aromatic heterocycles. The van der Waals surface area contributed by atoms with E-state index in [1.807, 2.05) is 13.1 Å². The molecule has 3 nitrogen and oxygen atoms in total. The molecule has 3 heteroatoms. The van der Waals surface area contributed by atoms with E-state index in [9.17, 15) is 0 Å². The van der Waals surface area contributed by atoms with Crippen LogP contribution in [0.5, 0.6) is 0 Å². The minimum atomic E-state index is 0.229. The molecule has 3 N–H and O–H groups in total. The van der Waals surface area contributed by atoms with Gasteiger partial charge in [-0.25, -0.2) is 4.98 Å². The standard InChI is InChI=1S/C17H21N3/c1-11-9-10-20-17(18)15(11)16(19-2)14-8-7-12-5-3-4-6-13(12)14/h3-6,9-10,14,16,19H,7-8H2,1-2H3,(H2,18,20). The van der Waals surface area contributed by atoms with Gasteiger partial charge in [0.15, 0.2) is 0 Å². The highest BCUT2D eigenvalue weighted by Gasteiger charge is 2.31. The SMILES string of the molecule is CNC(c1c(C)ccnc1N)C1CCc2ccccc21. The second-order valence-electron chi connectivity index (χ2n) is 5.54. The molecule has 1 aromatic carbocycles. The molecular weight excluding hydrogens is 246 g/mol. The fourth-order valence-electron chi connectivity index (χ4n) is 3.48. The number of hydrogen-bond acceptors (Lipinski definition) is 3. The minimum Gasteiger partial charge on any atom is -0.383 e. The molecule has 20 heavy (non-hydrogen) atoms. The van der Waals surface area contributed by atoms with E-state index in [1.54, 1.807) is 6.20 Å². The molecule has 0 spiro atoms. The Hall–Kier alpha value is -1.87. The molecule has 2 aromatic rings. The van der Waals surface area contributed by atoms with E-state index in [-0.39, 0.29) is 6.04 Å². The summed E-state index contributed by atoms with van der Waals surface area (Å²) in [5, 5.41) is 3.46. The van der Waals surface area contributed by atoms with Crippen molar-refractivity contribution in [2.24, 2.45) is 0 Å². The molecule has 0 radical (unpaired) electrons. The van der Waals surface area contributed by atoms with Gasteiger partial charge in [-0.3, -0.25) is 0 Å². The number of nitrogens with two attached hydrogens (primary N) is 1. The third kappa shape index (κ3) is 2.08. The predicted molar refractivity (Wildman–Crippen MR) is 82.7 cm³/mol. The highest BCUT2D eigenvalue weighted by molar-refractivity contribution is 5.49. The Labute approximate surface area is 120 Å². The van der Waals surface area contributed by atoms with Crippen molar-refractivity contribution in [1.29, 1.82) is 0 Å². The van der Waals surface area contributed by atoms with Crippen LogP contribution in [0.2, 0.25) is 0 Å². The lowest BCUT2D eigenvalue weighted by molar-refractivity contribution is 0.475.